The lowest BCUT2D eigenvalue weighted by Crippen LogP contribution is -1.85. The van der Waals surface area contributed by atoms with Crippen LogP contribution in [0.4, 0.5) is 4.39 Å². The Balaban J connectivity index is 2.69. The topological polar surface area (TPSA) is 14.1 Å². The van der Waals surface area contributed by atoms with Gasteiger partial charge in [-0.15, -0.1) is 6.20 Å². The molecule has 1 heterocycles. The summed E-state index contributed by atoms with van der Waals surface area (Å²) in [5, 5.41) is 3.69. The van der Waals surface area contributed by atoms with E-state index in [0.29, 0.717) is 6.54 Å². The fraction of sp³-hybridized carbons (Fsp3) is 0.200. The predicted octanol–water partition coefficient (Wildman–Crippen LogP) is 2.46. The molecular formula is C5H4BrFN-. The zero-order valence-electron chi connectivity index (χ0n) is 4.06. The molecule has 8 heavy (non-hydrogen) atoms. The number of halogens is 2. The fourth-order valence-electron chi connectivity index (χ4n) is 0.453. The highest BCUT2D eigenvalue weighted by molar-refractivity contribution is 9.11. The van der Waals surface area contributed by atoms with E-state index in [2.05, 4.69) is 21.2 Å². The van der Waals surface area contributed by atoms with Crippen molar-refractivity contribution in [2.24, 2.45) is 0 Å². The Kier molecular flexibility index (Phi) is 1.68. The zero-order chi connectivity index (χ0) is 5.98. The molecule has 0 aromatic heterocycles. The van der Waals surface area contributed by atoms with Crippen LogP contribution in [0.25, 0.3) is 5.32 Å². The van der Waals surface area contributed by atoms with Crippen LogP contribution in [0.5, 0.6) is 0 Å². The summed E-state index contributed by atoms with van der Waals surface area (Å²) in [6.45, 7) is 0.563. The summed E-state index contributed by atoms with van der Waals surface area (Å²) in [7, 11) is 0. The molecule has 1 rings (SSSR count). The second kappa shape index (κ2) is 2.31. The van der Waals surface area contributed by atoms with Gasteiger partial charge in [-0.25, -0.2) is 4.39 Å². The number of rotatable bonds is 0. The van der Waals surface area contributed by atoms with Gasteiger partial charge in [0.05, 0.1) is 0 Å². The van der Waals surface area contributed by atoms with E-state index in [-0.39, 0.29) is 5.83 Å². The number of hydrogen-bond acceptors (Lipinski definition) is 0. The van der Waals surface area contributed by atoms with Crippen molar-refractivity contribution in [3.63, 3.8) is 0 Å². The van der Waals surface area contributed by atoms with E-state index >= 15 is 0 Å². The molecule has 3 heteroatoms. The molecule has 0 aromatic carbocycles. The largest absolute Gasteiger partial charge is 0.684 e. The summed E-state index contributed by atoms with van der Waals surface area (Å²) < 4.78 is 12.9. The fourth-order valence-corrected chi connectivity index (χ4v) is 0.816. The van der Waals surface area contributed by atoms with Crippen molar-refractivity contribution in [2.75, 3.05) is 6.54 Å². The lowest BCUT2D eigenvalue weighted by molar-refractivity contribution is 0.662. The molecule has 0 saturated heterocycles. The van der Waals surface area contributed by atoms with Crippen LogP contribution in [0.1, 0.15) is 0 Å². The van der Waals surface area contributed by atoms with Crippen LogP contribution in [-0.2, 0) is 0 Å². The summed E-state index contributed by atoms with van der Waals surface area (Å²) >= 11 is 3.12. The number of allylic oxidation sites excluding steroid dienone is 2. The average Bonchev–Trinajstić information content (AvgIpc) is 1.64. The first-order valence-corrected chi connectivity index (χ1v) is 2.96. The van der Waals surface area contributed by atoms with Crippen LogP contribution in [-0.4, -0.2) is 6.54 Å². The Morgan fingerprint density at radius 3 is 2.88 bits per heavy atom. The van der Waals surface area contributed by atoms with Crippen molar-refractivity contribution in [1.82, 2.24) is 0 Å². The minimum Gasteiger partial charge on any atom is -0.684 e. The number of nitrogens with zero attached hydrogens (tertiary/aromatic N) is 1. The smallest absolute Gasteiger partial charge is 0.101 e. The van der Waals surface area contributed by atoms with Gasteiger partial charge in [0.15, 0.2) is 0 Å². The van der Waals surface area contributed by atoms with Gasteiger partial charge in [0.25, 0.3) is 0 Å². The first-order chi connectivity index (χ1) is 3.79. The molecule has 0 spiro atoms. The third-order valence-corrected chi connectivity index (χ3v) is 1.23. The minimum atomic E-state index is -0.289. The molecule has 0 bridgehead atoms. The van der Waals surface area contributed by atoms with Crippen LogP contribution in [0.2, 0.25) is 0 Å². The molecule has 0 amide bonds. The van der Waals surface area contributed by atoms with Gasteiger partial charge in [-0.1, -0.05) is 22.5 Å². The molecule has 0 fully saturated rings. The third kappa shape index (κ3) is 1.33. The van der Waals surface area contributed by atoms with Gasteiger partial charge in [-0.2, -0.15) is 0 Å². The lowest BCUT2D eigenvalue weighted by Gasteiger charge is -2.17. The van der Waals surface area contributed by atoms with Gasteiger partial charge in [0.2, 0.25) is 0 Å². The quantitative estimate of drug-likeness (QED) is 0.539. The minimum absolute atomic E-state index is 0.289. The highest BCUT2D eigenvalue weighted by atomic mass is 79.9. The van der Waals surface area contributed by atoms with Crippen molar-refractivity contribution in [2.45, 2.75) is 0 Å². The normalized spacial score (nSPS) is 18.8. The Hall–Kier alpha value is -0.310. The molecule has 0 atom stereocenters. The molecule has 0 radical (unpaired) electrons. The standard InChI is InChI=1S/C5H4BrFN/c6-4-1-5(7)3-8-2-4/h1,3H,2H2/q-1. The van der Waals surface area contributed by atoms with Gasteiger partial charge in [0.1, 0.15) is 5.83 Å². The molecule has 1 aliphatic rings. The van der Waals surface area contributed by atoms with E-state index in [4.69, 9.17) is 0 Å². The van der Waals surface area contributed by atoms with Crippen molar-refractivity contribution < 1.29 is 4.39 Å². The van der Waals surface area contributed by atoms with E-state index in [1.165, 1.54) is 12.3 Å². The first-order valence-electron chi connectivity index (χ1n) is 2.17. The maximum Gasteiger partial charge on any atom is 0.101 e. The molecule has 0 aromatic rings. The van der Waals surface area contributed by atoms with E-state index < -0.39 is 0 Å². The molecule has 1 nitrogen and oxygen atoms in total. The first kappa shape index (κ1) is 5.82. The maximum atomic E-state index is 12.1. The van der Waals surface area contributed by atoms with Crippen molar-refractivity contribution in [1.29, 1.82) is 0 Å². The molecule has 0 unspecified atom stereocenters. The Bertz CT molecular complexity index is 151. The Morgan fingerprint density at radius 2 is 2.50 bits per heavy atom. The van der Waals surface area contributed by atoms with Gasteiger partial charge in [-0.3, -0.25) is 0 Å². The van der Waals surface area contributed by atoms with Gasteiger partial charge >= 0.3 is 0 Å². The van der Waals surface area contributed by atoms with Crippen LogP contribution in [0.3, 0.4) is 0 Å². The highest BCUT2D eigenvalue weighted by Gasteiger charge is 1.90. The van der Waals surface area contributed by atoms with E-state index in [9.17, 15) is 4.39 Å². The van der Waals surface area contributed by atoms with Crippen molar-refractivity contribution in [3.05, 3.63) is 27.9 Å². The van der Waals surface area contributed by atoms with E-state index in [1.54, 1.807) is 0 Å². The van der Waals surface area contributed by atoms with Crippen LogP contribution in [0.15, 0.2) is 22.6 Å². The van der Waals surface area contributed by atoms with E-state index in [1.807, 2.05) is 0 Å². The van der Waals surface area contributed by atoms with Gasteiger partial charge in [0, 0.05) is 0 Å². The molecule has 1 aliphatic heterocycles. The maximum absolute atomic E-state index is 12.1. The number of hydrogen-bond donors (Lipinski definition) is 0. The summed E-state index contributed by atoms with van der Waals surface area (Å²) in [4.78, 5) is 0. The summed E-state index contributed by atoms with van der Waals surface area (Å²) in [5.74, 6) is -0.289. The highest BCUT2D eigenvalue weighted by Crippen LogP contribution is 2.18. The van der Waals surface area contributed by atoms with Gasteiger partial charge < -0.3 is 5.32 Å². The third-order valence-electron chi connectivity index (χ3n) is 0.751. The molecule has 0 N–H and O–H groups in total. The second-order valence-electron chi connectivity index (χ2n) is 1.45. The average molecular weight is 177 g/mol. The van der Waals surface area contributed by atoms with E-state index in [0.717, 1.165) is 4.48 Å². The zero-order valence-corrected chi connectivity index (χ0v) is 5.65. The summed E-state index contributed by atoms with van der Waals surface area (Å²) in [6, 6.07) is 0. The molecular weight excluding hydrogens is 173 g/mol. The Morgan fingerprint density at radius 1 is 1.75 bits per heavy atom. The molecule has 0 saturated carbocycles. The van der Waals surface area contributed by atoms with Crippen LogP contribution < -0.4 is 0 Å². The second-order valence-corrected chi connectivity index (χ2v) is 2.46. The monoisotopic (exact) mass is 176 g/mol. The summed E-state index contributed by atoms with van der Waals surface area (Å²) in [5.41, 5.74) is 0. The van der Waals surface area contributed by atoms with Crippen LogP contribution >= 0.6 is 15.9 Å². The van der Waals surface area contributed by atoms with Crippen LogP contribution in [0, 0.1) is 0 Å². The van der Waals surface area contributed by atoms with Gasteiger partial charge in [-0.05, 0) is 10.6 Å². The van der Waals surface area contributed by atoms with Crippen molar-refractivity contribution >= 4 is 15.9 Å². The molecule has 44 valence electrons. The predicted molar refractivity (Wildman–Crippen MR) is 34.4 cm³/mol. The Labute approximate surface area is 55.4 Å². The summed E-state index contributed by atoms with van der Waals surface area (Å²) in [6.07, 6.45) is 2.62. The van der Waals surface area contributed by atoms with Crippen molar-refractivity contribution in [3.8, 4) is 0 Å². The lowest BCUT2D eigenvalue weighted by atomic mass is 10.4. The SMILES string of the molecule is FC1=C[N-]CC(Br)=C1. The molecule has 0 aliphatic carbocycles.